The van der Waals surface area contributed by atoms with Gasteiger partial charge in [-0.05, 0) is 64.0 Å². The monoisotopic (exact) mass is 586 g/mol. The standard InChI is InChI=1S/C34H19ClN2O6/c35-27-15-20(36-31(38)25-16-23-21-7-3-1-5-18(21)9-13-29(23)42-33(25)40)11-12-28(27)37-32(39)26-17-24-22-8-4-2-6-19(22)10-14-30(24)43-34(26)41/h1-17H,(H,36,38)(H,37,39). The lowest BCUT2D eigenvalue weighted by Crippen LogP contribution is -2.21. The molecule has 7 aromatic rings. The smallest absolute Gasteiger partial charge is 0.349 e. The van der Waals surface area contributed by atoms with Crippen LogP contribution in [0.25, 0.3) is 43.5 Å². The van der Waals surface area contributed by atoms with Crippen molar-refractivity contribution in [1.29, 1.82) is 0 Å². The van der Waals surface area contributed by atoms with E-state index in [0.717, 1.165) is 21.5 Å². The van der Waals surface area contributed by atoms with Gasteiger partial charge in [-0.2, -0.15) is 0 Å². The molecule has 0 aliphatic heterocycles. The number of amides is 2. The molecule has 0 bridgehead atoms. The van der Waals surface area contributed by atoms with Gasteiger partial charge in [0.25, 0.3) is 11.8 Å². The van der Waals surface area contributed by atoms with Crippen LogP contribution in [0.2, 0.25) is 5.02 Å². The summed E-state index contributed by atoms with van der Waals surface area (Å²) in [6.45, 7) is 0. The highest BCUT2D eigenvalue weighted by Gasteiger charge is 2.18. The summed E-state index contributed by atoms with van der Waals surface area (Å²) >= 11 is 6.43. The van der Waals surface area contributed by atoms with Crippen molar-refractivity contribution in [2.75, 3.05) is 10.6 Å². The largest absolute Gasteiger partial charge is 0.422 e. The Morgan fingerprint density at radius 3 is 1.60 bits per heavy atom. The molecule has 208 valence electrons. The zero-order valence-electron chi connectivity index (χ0n) is 22.1. The molecule has 0 saturated carbocycles. The fourth-order valence-corrected chi connectivity index (χ4v) is 5.37. The van der Waals surface area contributed by atoms with Gasteiger partial charge in [-0.25, -0.2) is 9.59 Å². The van der Waals surface area contributed by atoms with Crippen molar-refractivity contribution in [3.63, 3.8) is 0 Å². The summed E-state index contributed by atoms with van der Waals surface area (Å²) in [6.07, 6.45) is 0. The fraction of sp³-hybridized carbons (Fsp3) is 0. The second-order valence-corrected chi connectivity index (χ2v) is 10.3. The predicted molar refractivity (Wildman–Crippen MR) is 167 cm³/mol. The molecular weight excluding hydrogens is 568 g/mol. The Kier molecular flexibility index (Phi) is 6.26. The van der Waals surface area contributed by atoms with Gasteiger partial charge >= 0.3 is 11.3 Å². The highest BCUT2D eigenvalue weighted by Crippen LogP contribution is 2.29. The molecule has 0 saturated heterocycles. The van der Waals surface area contributed by atoms with Gasteiger partial charge in [-0.1, -0.05) is 72.3 Å². The van der Waals surface area contributed by atoms with Crippen molar-refractivity contribution in [2.45, 2.75) is 0 Å². The van der Waals surface area contributed by atoms with Crippen LogP contribution in [0.4, 0.5) is 11.4 Å². The molecular formula is C34H19ClN2O6. The van der Waals surface area contributed by atoms with Crippen LogP contribution in [0.5, 0.6) is 0 Å². The molecule has 8 nitrogen and oxygen atoms in total. The average molecular weight is 587 g/mol. The molecule has 0 spiro atoms. The highest BCUT2D eigenvalue weighted by molar-refractivity contribution is 6.34. The van der Waals surface area contributed by atoms with Gasteiger partial charge in [0.05, 0.1) is 10.7 Å². The maximum Gasteiger partial charge on any atom is 0.349 e. The fourth-order valence-electron chi connectivity index (χ4n) is 5.14. The average Bonchev–Trinajstić information content (AvgIpc) is 3.01. The van der Waals surface area contributed by atoms with E-state index in [1.165, 1.54) is 30.3 Å². The molecule has 5 aromatic carbocycles. The normalized spacial score (nSPS) is 11.3. The molecule has 0 atom stereocenters. The molecule has 2 heterocycles. The number of anilines is 2. The third-order valence-corrected chi connectivity index (χ3v) is 7.56. The van der Waals surface area contributed by atoms with Crippen LogP contribution in [0.3, 0.4) is 0 Å². The molecule has 43 heavy (non-hydrogen) atoms. The maximum atomic E-state index is 13.1. The number of carbonyl (C=O) groups is 2. The Labute approximate surface area is 247 Å². The summed E-state index contributed by atoms with van der Waals surface area (Å²) in [5, 5.41) is 10.2. The number of hydrogen-bond acceptors (Lipinski definition) is 6. The van der Waals surface area contributed by atoms with E-state index in [0.29, 0.717) is 21.9 Å². The molecule has 0 radical (unpaired) electrons. The minimum absolute atomic E-state index is 0.0957. The first-order chi connectivity index (χ1) is 20.9. The Bertz CT molecular complexity index is 2410. The summed E-state index contributed by atoms with van der Waals surface area (Å²) in [6, 6.07) is 29.6. The lowest BCUT2D eigenvalue weighted by Gasteiger charge is -2.11. The van der Waals surface area contributed by atoms with E-state index in [4.69, 9.17) is 20.4 Å². The summed E-state index contributed by atoms with van der Waals surface area (Å²) < 4.78 is 10.9. The molecule has 0 unspecified atom stereocenters. The van der Waals surface area contributed by atoms with Crippen LogP contribution in [-0.4, -0.2) is 11.8 Å². The van der Waals surface area contributed by atoms with Crippen molar-refractivity contribution < 1.29 is 18.4 Å². The van der Waals surface area contributed by atoms with Gasteiger partial charge in [0.2, 0.25) is 0 Å². The zero-order valence-corrected chi connectivity index (χ0v) is 22.9. The summed E-state index contributed by atoms with van der Waals surface area (Å²) in [7, 11) is 0. The van der Waals surface area contributed by atoms with Gasteiger partial charge < -0.3 is 19.5 Å². The number of hydrogen-bond donors (Lipinski definition) is 2. The number of halogens is 1. The number of benzene rings is 5. The molecule has 7 rings (SSSR count). The molecule has 9 heteroatoms. The predicted octanol–water partition coefficient (Wildman–Crippen LogP) is 7.36. The van der Waals surface area contributed by atoms with Gasteiger partial charge in [0, 0.05) is 16.5 Å². The quantitative estimate of drug-likeness (QED) is 0.164. The maximum absolute atomic E-state index is 13.1. The van der Waals surface area contributed by atoms with Gasteiger partial charge in [-0.15, -0.1) is 0 Å². The zero-order chi connectivity index (χ0) is 29.7. The minimum Gasteiger partial charge on any atom is -0.422 e. The van der Waals surface area contributed by atoms with Crippen molar-refractivity contribution in [3.05, 3.63) is 140 Å². The van der Waals surface area contributed by atoms with E-state index in [1.807, 2.05) is 60.7 Å². The van der Waals surface area contributed by atoms with Crippen LogP contribution in [-0.2, 0) is 0 Å². The Morgan fingerprint density at radius 1 is 0.558 bits per heavy atom. The van der Waals surface area contributed by atoms with Crippen molar-refractivity contribution in [3.8, 4) is 0 Å². The first kappa shape index (κ1) is 26.2. The third kappa shape index (κ3) is 4.69. The van der Waals surface area contributed by atoms with E-state index < -0.39 is 23.1 Å². The van der Waals surface area contributed by atoms with Crippen LogP contribution < -0.4 is 21.9 Å². The highest BCUT2D eigenvalue weighted by atomic mass is 35.5. The Morgan fingerprint density at radius 2 is 1.07 bits per heavy atom. The number of nitrogens with one attached hydrogen (secondary N) is 2. The van der Waals surface area contributed by atoms with E-state index in [2.05, 4.69) is 10.6 Å². The molecule has 2 amide bonds. The van der Waals surface area contributed by atoms with Crippen LogP contribution in [0.1, 0.15) is 20.7 Å². The van der Waals surface area contributed by atoms with E-state index in [-0.39, 0.29) is 27.5 Å². The molecule has 0 aliphatic carbocycles. The number of carbonyl (C=O) groups excluding carboxylic acids is 2. The van der Waals surface area contributed by atoms with Gasteiger partial charge in [0.15, 0.2) is 0 Å². The van der Waals surface area contributed by atoms with Crippen LogP contribution in [0.15, 0.2) is 122 Å². The number of rotatable bonds is 4. The van der Waals surface area contributed by atoms with Crippen LogP contribution in [0, 0.1) is 0 Å². The van der Waals surface area contributed by atoms with Crippen molar-refractivity contribution >= 4 is 78.3 Å². The van der Waals surface area contributed by atoms with E-state index in [9.17, 15) is 19.2 Å². The Balaban J connectivity index is 1.15. The van der Waals surface area contributed by atoms with Crippen molar-refractivity contribution in [2.24, 2.45) is 0 Å². The summed E-state index contributed by atoms with van der Waals surface area (Å²) in [5.74, 6) is -1.39. The first-order valence-electron chi connectivity index (χ1n) is 13.2. The topological polar surface area (TPSA) is 119 Å². The van der Waals surface area contributed by atoms with Gasteiger partial charge in [-0.3, -0.25) is 9.59 Å². The molecule has 2 N–H and O–H groups in total. The lowest BCUT2D eigenvalue weighted by atomic mass is 10.0. The van der Waals surface area contributed by atoms with E-state index >= 15 is 0 Å². The van der Waals surface area contributed by atoms with E-state index in [1.54, 1.807) is 12.1 Å². The minimum atomic E-state index is -0.790. The summed E-state index contributed by atoms with van der Waals surface area (Å²) in [4.78, 5) is 51.5. The molecule has 0 fully saturated rings. The number of fused-ring (bicyclic) bond motifs is 6. The molecule has 0 aliphatic rings. The second-order valence-electron chi connectivity index (χ2n) is 9.89. The molecule has 2 aromatic heterocycles. The van der Waals surface area contributed by atoms with Gasteiger partial charge in [0.1, 0.15) is 22.3 Å². The van der Waals surface area contributed by atoms with Crippen molar-refractivity contribution in [1.82, 2.24) is 0 Å². The lowest BCUT2D eigenvalue weighted by molar-refractivity contribution is 0.101. The summed E-state index contributed by atoms with van der Waals surface area (Å²) in [5.41, 5.74) is -0.704. The third-order valence-electron chi connectivity index (χ3n) is 7.25. The Hall–Kier alpha value is -5.73. The van der Waals surface area contributed by atoms with Crippen LogP contribution >= 0.6 is 11.6 Å². The first-order valence-corrected chi connectivity index (χ1v) is 13.6. The second kappa shape index (κ2) is 10.3. The SMILES string of the molecule is O=C(Nc1ccc(NC(=O)c2cc3c(ccc4ccccc43)oc2=O)c(Cl)c1)c1cc2c(ccc3ccccc32)oc1=O.